The van der Waals surface area contributed by atoms with Crippen molar-refractivity contribution in [2.24, 2.45) is 0 Å². The van der Waals surface area contributed by atoms with Crippen LogP contribution in [0.15, 0.2) is 40.3 Å². The van der Waals surface area contributed by atoms with Crippen LogP contribution in [0.4, 0.5) is 5.88 Å². The van der Waals surface area contributed by atoms with Crippen molar-refractivity contribution in [2.75, 3.05) is 0 Å². The van der Waals surface area contributed by atoms with E-state index in [2.05, 4.69) is 0 Å². The molecule has 0 saturated carbocycles. The summed E-state index contributed by atoms with van der Waals surface area (Å²) < 4.78 is 4.89. The van der Waals surface area contributed by atoms with Crippen molar-refractivity contribution in [3.05, 3.63) is 68.5 Å². The second-order valence-electron chi connectivity index (χ2n) is 4.71. The lowest BCUT2D eigenvalue weighted by atomic mass is 10.1. The zero-order valence-corrected chi connectivity index (χ0v) is 11.3. The molecule has 0 saturated heterocycles. The van der Waals surface area contributed by atoms with Gasteiger partial charge in [0.25, 0.3) is 0 Å². The first kappa shape index (κ1) is 14.4. The molecule has 0 amide bonds. The van der Waals surface area contributed by atoms with Crippen molar-refractivity contribution in [3.63, 3.8) is 0 Å². The fraction of sp³-hybridized carbons (Fsp3) is 0. The number of carbonyl (C=O) groups excluding carboxylic acids is 2. The number of furan rings is 1. The predicted molar refractivity (Wildman–Crippen MR) is 75.4 cm³/mol. The molecule has 0 unspecified atom stereocenters. The molecule has 1 aliphatic carbocycles. The number of benzene rings is 1. The summed E-state index contributed by atoms with van der Waals surface area (Å²) in [7, 11) is 0. The first-order valence-electron chi connectivity index (χ1n) is 6.31. The lowest BCUT2D eigenvalue weighted by Gasteiger charge is -1.97. The van der Waals surface area contributed by atoms with Crippen LogP contribution in [0, 0.1) is 10.1 Å². The smallest absolute Gasteiger partial charge is 0.433 e. The van der Waals surface area contributed by atoms with Crippen molar-refractivity contribution >= 4 is 29.5 Å². The number of carboxylic acids is 1. The molecule has 1 heterocycles. The zero-order chi connectivity index (χ0) is 16.7. The number of carboxylic acid groups (broad SMARTS) is 1. The van der Waals surface area contributed by atoms with E-state index in [-0.39, 0.29) is 28.0 Å². The molecular weight excluding hydrogens is 306 g/mol. The van der Waals surface area contributed by atoms with Gasteiger partial charge in [0, 0.05) is 11.1 Å². The van der Waals surface area contributed by atoms with Gasteiger partial charge < -0.3 is 9.52 Å². The highest BCUT2D eigenvalue weighted by Crippen LogP contribution is 2.29. The molecule has 8 nitrogen and oxygen atoms in total. The van der Waals surface area contributed by atoms with Gasteiger partial charge in [-0.3, -0.25) is 19.7 Å². The number of rotatable bonds is 3. The van der Waals surface area contributed by atoms with E-state index in [0.29, 0.717) is 0 Å². The molecule has 0 radical (unpaired) electrons. The number of aromatic carboxylic acids is 1. The number of allylic oxidation sites excluding steroid dienone is 1. The molecule has 0 spiro atoms. The third kappa shape index (κ3) is 2.31. The van der Waals surface area contributed by atoms with Crippen LogP contribution < -0.4 is 0 Å². The summed E-state index contributed by atoms with van der Waals surface area (Å²) in [5.74, 6) is -2.97. The number of nitro groups is 1. The van der Waals surface area contributed by atoms with Gasteiger partial charge in [0.1, 0.15) is 10.7 Å². The Morgan fingerprint density at radius 2 is 1.83 bits per heavy atom. The summed E-state index contributed by atoms with van der Waals surface area (Å²) in [4.78, 5) is 45.2. The topological polar surface area (TPSA) is 128 Å². The van der Waals surface area contributed by atoms with Gasteiger partial charge in [0.05, 0.1) is 17.2 Å². The van der Waals surface area contributed by atoms with Crippen LogP contribution in [0.1, 0.15) is 36.8 Å². The van der Waals surface area contributed by atoms with Crippen LogP contribution in [-0.4, -0.2) is 27.6 Å². The monoisotopic (exact) mass is 313 g/mol. The van der Waals surface area contributed by atoms with Crippen LogP contribution in [0.2, 0.25) is 0 Å². The molecule has 1 N–H and O–H groups in total. The summed E-state index contributed by atoms with van der Waals surface area (Å²) in [6.45, 7) is 0. The molecule has 0 atom stereocenters. The van der Waals surface area contributed by atoms with Crippen molar-refractivity contribution in [1.82, 2.24) is 0 Å². The molecule has 1 aromatic carbocycles. The number of fused-ring (bicyclic) bond motifs is 1. The molecule has 23 heavy (non-hydrogen) atoms. The number of ketones is 2. The SMILES string of the molecule is O=C(O)c1ccc2c(c1)C(=O)/C(=C/c1ccc([N+](=O)[O-])o1)C2=O. The van der Waals surface area contributed by atoms with Gasteiger partial charge in [-0.05, 0) is 30.3 Å². The highest BCUT2D eigenvalue weighted by molar-refractivity contribution is 6.41. The summed E-state index contributed by atoms with van der Waals surface area (Å²) in [5, 5.41) is 19.5. The molecule has 114 valence electrons. The molecule has 8 heteroatoms. The van der Waals surface area contributed by atoms with Gasteiger partial charge in [-0.15, -0.1) is 0 Å². The maximum absolute atomic E-state index is 12.3. The average Bonchev–Trinajstić information content (AvgIpc) is 3.07. The second kappa shape index (κ2) is 5.02. The van der Waals surface area contributed by atoms with Crippen LogP contribution in [-0.2, 0) is 0 Å². The molecule has 3 rings (SSSR count). The maximum atomic E-state index is 12.3. The summed E-state index contributed by atoms with van der Waals surface area (Å²) in [5.41, 5.74) is -0.263. The number of nitrogens with zero attached hydrogens (tertiary/aromatic N) is 1. The van der Waals surface area contributed by atoms with Crippen molar-refractivity contribution in [1.29, 1.82) is 0 Å². The number of hydrogen-bond donors (Lipinski definition) is 1. The third-order valence-corrected chi connectivity index (χ3v) is 3.32. The van der Waals surface area contributed by atoms with E-state index in [0.717, 1.165) is 18.2 Å². The molecule has 1 aliphatic rings. The Hall–Kier alpha value is -3.55. The van der Waals surface area contributed by atoms with Crippen molar-refractivity contribution in [3.8, 4) is 0 Å². The Balaban J connectivity index is 2.03. The Bertz CT molecular complexity index is 920. The first-order valence-corrected chi connectivity index (χ1v) is 6.31. The minimum atomic E-state index is -1.22. The van der Waals surface area contributed by atoms with E-state index >= 15 is 0 Å². The minimum absolute atomic E-state index is 0.0118. The average molecular weight is 313 g/mol. The molecule has 2 aromatic rings. The van der Waals surface area contributed by atoms with Crippen molar-refractivity contribution < 1.29 is 28.8 Å². The Morgan fingerprint density at radius 1 is 1.13 bits per heavy atom. The first-order chi connectivity index (χ1) is 10.9. The summed E-state index contributed by atoms with van der Waals surface area (Å²) in [6.07, 6.45) is 1.11. The molecule has 1 aromatic heterocycles. The largest absolute Gasteiger partial charge is 0.478 e. The fourth-order valence-corrected chi connectivity index (χ4v) is 2.25. The third-order valence-electron chi connectivity index (χ3n) is 3.32. The summed E-state index contributed by atoms with van der Waals surface area (Å²) >= 11 is 0. The standard InChI is InChI=1S/C15H7NO7/c17-13-9-3-1-7(15(19)20)5-10(9)14(18)11(13)6-8-2-4-12(23-8)16(21)22/h1-6H,(H,19,20)/b11-6+. The van der Waals surface area contributed by atoms with Gasteiger partial charge in [0.15, 0.2) is 11.6 Å². The van der Waals surface area contributed by atoms with Crippen molar-refractivity contribution in [2.45, 2.75) is 0 Å². The van der Waals surface area contributed by atoms with Gasteiger partial charge in [-0.25, -0.2) is 4.79 Å². The number of carbonyl (C=O) groups is 3. The van der Waals surface area contributed by atoms with E-state index in [9.17, 15) is 24.5 Å². The number of Topliss-reactive ketones (excluding diaryl/α,β-unsaturated/α-hetero) is 2. The van der Waals surface area contributed by atoms with Crippen LogP contribution in [0.5, 0.6) is 0 Å². The second-order valence-corrected chi connectivity index (χ2v) is 4.71. The Morgan fingerprint density at radius 3 is 2.43 bits per heavy atom. The highest BCUT2D eigenvalue weighted by atomic mass is 16.6. The van der Waals surface area contributed by atoms with Gasteiger partial charge >= 0.3 is 11.9 Å². The van der Waals surface area contributed by atoms with Crippen LogP contribution in [0.3, 0.4) is 0 Å². The zero-order valence-electron chi connectivity index (χ0n) is 11.3. The maximum Gasteiger partial charge on any atom is 0.433 e. The molecule has 0 aliphatic heterocycles. The quantitative estimate of drug-likeness (QED) is 0.398. The Labute approximate surface area is 127 Å². The summed E-state index contributed by atoms with van der Waals surface area (Å²) in [6, 6.07) is 5.99. The van der Waals surface area contributed by atoms with E-state index in [4.69, 9.17) is 9.52 Å². The van der Waals surface area contributed by atoms with E-state index in [1.807, 2.05) is 0 Å². The molecule has 0 bridgehead atoms. The highest BCUT2D eigenvalue weighted by Gasteiger charge is 2.34. The van der Waals surface area contributed by atoms with Crippen LogP contribution >= 0.6 is 0 Å². The van der Waals surface area contributed by atoms with E-state index in [1.165, 1.54) is 18.2 Å². The van der Waals surface area contributed by atoms with Gasteiger partial charge in [0.2, 0.25) is 0 Å². The fourth-order valence-electron chi connectivity index (χ4n) is 2.25. The van der Waals surface area contributed by atoms with Gasteiger partial charge in [-0.1, -0.05) is 0 Å². The van der Waals surface area contributed by atoms with Gasteiger partial charge in [-0.2, -0.15) is 0 Å². The minimum Gasteiger partial charge on any atom is -0.478 e. The molecular formula is C15H7NO7. The van der Waals surface area contributed by atoms with E-state index in [1.54, 1.807) is 0 Å². The van der Waals surface area contributed by atoms with E-state index < -0.39 is 28.3 Å². The predicted octanol–water partition coefficient (Wildman–Crippen LogP) is 2.35. The van der Waals surface area contributed by atoms with Crippen LogP contribution in [0.25, 0.3) is 6.08 Å². The lowest BCUT2D eigenvalue weighted by molar-refractivity contribution is -0.402. The normalized spacial score (nSPS) is 15.0. The Kier molecular flexibility index (Phi) is 3.14. The molecule has 0 fully saturated rings. The lowest BCUT2D eigenvalue weighted by Crippen LogP contribution is -2.00. The number of hydrogen-bond acceptors (Lipinski definition) is 6.